The second kappa shape index (κ2) is 9.94. The number of benzene rings is 3. The first-order valence-electron chi connectivity index (χ1n) is 9.86. The molecule has 4 rings (SSSR count). The van der Waals surface area contributed by atoms with Crippen molar-refractivity contribution in [2.75, 3.05) is 19.9 Å². The van der Waals surface area contributed by atoms with Crippen LogP contribution in [0.5, 0.6) is 17.2 Å². The second-order valence-corrected chi connectivity index (χ2v) is 7.93. The summed E-state index contributed by atoms with van der Waals surface area (Å²) in [6.07, 6.45) is 0.595. The molecule has 1 aliphatic heterocycles. The largest absolute Gasteiger partial charge is 0.484 e. The van der Waals surface area contributed by atoms with Gasteiger partial charge in [-0.1, -0.05) is 53.5 Å². The van der Waals surface area contributed by atoms with Gasteiger partial charge >= 0.3 is 0 Å². The molecule has 0 fully saturated rings. The Morgan fingerprint density at radius 3 is 2.58 bits per heavy atom. The van der Waals surface area contributed by atoms with Crippen LogP contribution in [0.2, 0.25) is 10.0 Å². The van der Waals surface area contributed by atoms with Gasteiger partial charge in [0.1, 0.15) is 5.75 Å². The number of hydrogen-bond donors (Lipinski definition) is 0. The van der Waals surface area contributed by atoms with E-state index in [1.807, 2.05) is 54.6 Å². The Labute approximate surface area is 191 Å². The van der Waals surface area contributed by atoms with Gasteiger partial charge < -0.3 is 19.1 Å². The second-order valence-electron chi connectivity index (χ2n) is 7.09. The molecule has 0 atom stereocenters. The first-order chi connectivity index (χ1) is 15.1. The van der Waals surface area contributed by atoms with Gasteiger partial charge in [0.05, 0.1) is 0 Å². The number of para-hydroxylation sites is 1. The first-order valence-corrected chi connectivity index (χ1v) is 10.6. The van der Waals surface area contributed by atoms with Crippen molar-refractivity contribution in [1.82, 2.24) is 4.90 Å². The SMILES string of the molecule is O=C(COc1ccccc1)N(CCc1ccc(Cl)cc1Cl)Cc1ccc2c(c1)OCO2. The Hall–Kier alpha value is -2.89. The Balaban J connectivity index is 1.47. The van der Waals surface area contributed by atoms with E-state index in [-0.39, 0.29) is 19.3 Å². The zero-order valence-electron chi connectivity index (χ0n) is 16.7. The summed E-state index contributed by atoms with van der Waals surface area (Å²) in [5.41, 5.74) is 1.87. The summed E-state index contributed by atoms with van der Waals surface area (Å²) in [7, 11) is 0. The number of amides is 1. The van der Waals surface area contributed by atoms with Crippen molar-refractivity contribution < 1.29 is 19.0 Å². The number of carbonyl (C=O) groups is 1. The van der Waals surface area contributed by atoms with Crippen LogP contribution in [0.1, 0.15) is 11.1 Å². The molecular formula is C24H21Cl2NO4. The summed E-state index contributed by atoms with van der Waals surface area (Å²) in [5.74, 6) is 1.93. The maximum Gasteiger partial charge on any atom is 0.260 e. The monoisotopic (exact) mass is 457 g/mol. The van der Waals surface area contributed by atoms with Gasteiger partial charge in [0, 0.05) is 23.1 Å². The maximum atomic E-state index is 13.0. The lowest BCUT2D eigenvalue weighted by atomic mass is 10.1. The van der Waals surface area contributed by atoms with Crippen LogP contribution in [0.3, 0.4) is 0 Å². The average Bonchev–Trinajstić information content (AvgIpc) is 3.24. The van der Waals surface area contributed by atoms with Gasteiger partial charge in [-0.25, -0.2) is 0 Å². The molecule has 3 aromatic rings. The number of rotatable bonds is 8. The molecule has 1 heterocycles. The van der Waals surface area contributed by atoms with Crippen molar-refractivity contribution in [1.29, 1.82) is 0 Å². The Kier molecular flexibility index (Phi) is 6.85. The predicted octanol–water partition coefficient (Wildman–Crippen LogP) is 5.37. The molecule has 0 radical (unpaired) electrons. The normalized spacial score (nSPS) is 11.9. The zero-order valence-corrected chi connectivity index (χ0v) is 18.2. The fourth-order valence-electron chi connectivity index (χ4n) is 3.28. The average molecular weight is 458 g/mol. The fourth-order valence-corrected chi connectivity index (χ4v) is 3.79. The van der Waals surface area contributed by atoms with E-state index in [0.717, 1.165) is 11.1 Å². The molecular weight excluding hydrogens is 437 g/mol. The molecule has 0 saturated heterocycles. The number of hydrogen-bond acceptors (Lipinski definition) is 4. The predicted molar refractivity (Wildman–Crippen MR) is 120 cm³/mol. The molecule has 7 heteroatoms. The molecule has 5 nitrogen and oxygen atoms in total. The van der Waals surface area contributed by atoms with Gasteiger partial charge in [0.25, 0.3) is 5.91 Å². The lowest BCUT2D eigenvalue weighted by Crippen LogP contribution is -2.36. The molecule has 0 N–H and O–H groups in total. The highest BCUT2D eigenvalue weighted by atomic mass is 35.5. The minimum Gasteiger partial charge on any atom is -0.484 e. The summed E-state index contributed by atoms with van der Waals surface area (Å²) in [4.78, 5) is 14.8. The molecule has 0 saturated carbocycles. The van der Waals surface area contributed by atoms with Crippen molar-refractivity contribution in [3.05, 3.63) is 87.9 Å². The van der Waals surface area contributed by atoms with Crippen molar-refractivity contribution in [2.45, 2.75) is 13.0 Å². The van der Waals surface area contributed by atoms with Crippen molar-refractivity contribution in [3.63, 3.8) is 0 Å². The fraction of sp³-hybridized carbons (Fsp3) is 0.208. The van der Waals surface area contributed by atoms with Crippen molar-refractivity contribution in [3.8, 4) is 17.2 Å². The maximum absolute atomic E-state index is 13.0. The highest BCUT2D eigenvalue weighted by Crippen LogP contribution is 2.33. The van der Waals surface area contributed by atoms with Gasteiger partial charge in [-0.3, -0.25) is 4.79 Å². The van der Waals surface area contributed by atoms with E-state index in [9.17, 15) is 4.79 Å². The van der Waals surface area contributed by atoms with Crippen molar-refractivity contribution in [2.24, 2.45) is 0 Å². The summed E-state index contributed by atoms with van der Waals surface area (Å²) >= 11 is 12.3. The van der Waals surface area contributed by atoms with Crippen LogP contribution in [0.4, 0.5) is 0 Å². The van der Waals surface area contributed by atoms with Crippen LogP contribution in [0.15, 0.2) is 66.7 Å². The number of fused-ring (bicyclic) bond motifs is 1. The Morgan fingerprint density at radius 1 is 0.968 bits per heavy atom. The first kappa shape index (κ1) is 21.3. The van der Waals surface area contributed by atoms with E-state index in [1.165, 1.54) is 0 Å². The minimum absolute atomic E-state index is 0.0527. The molecule has 0 unspecified atom stereocenters. The quantitative estimate of drug-likeness (QED) is 0.455. The van der Waals surface area contributed by atoms with Gasteiger partial charge in [-0.15, -0.1) is 0 Å². The number of ether oxygens (including phenoxy) is 3. The smallest absolute Gasteiger partial charge is 0.260 e. The van der Waals surface area contributed by atoms with Crippen LogP contribution in [-0.4, -0.2) is 30.8 Å². The minimum atomic E-state index is -0.119. The molecule has 1 amide bonds. The molecule has 0 spiro atoms. The summed E-state index contributed by atoms with van der Waals surface area (Å²) in [5, 5.41) is 1.17. The molecule has 160 valence electrons. The van der Waals surface area contributed by atoms with Gasteiger partial charge in [-0.05, 0) is 53.9 Å². The van der Waals surface area contributed by atoms with Crippen LogP contribution in [0, 0.1) is 0 Å². The van der Waals surface area contributed by atoms with Crippen molar-refractivity contribution >= 4 is 29.1 Å². The van der Waals surface area contributed by atoms with Crippen LogP contribution in [-0.2, 0) is 17.8 Å². The van der Waals surface area contributed by atoms with Crippen LogP contribution in [0.25, 0.3) is 0 Å². The highest BCUT2D eigenvalue weighted by Gasteiger charge is 2.19. The molecule has 0 bridgehead atoms. The van der Waals surface area contributed by atoms with E-state index in [0.29, 0.717) is 46.8 Å². The topological polar surface area (TPSA) is 48.0 Å². The summed E-state index contributed by atoms with van der Waals surface area (Å²) in [6.45, 7) is 1.05. The lowest BCUT2D eigenvalue weighted by Gasteiger charge is -2.23. The van der Waals surface area contributed by atoms with E-state index in [4.69, 9.17) is 37.4 Å². The summed E-state index contributed by atoms with van der Waals surface area (Å²) in [6, 6.07) is 20.4. The molecule has 1 aliphatic rings. The standard InChI is InChI=1S/C24H21Cl2NO4/c25-19-8-7-18(21(26)13-19)10-11-27(24(28)15-29-20-4-2-1-3-5-20)14-17-6-9-22-23(12-17)31-16-30-22/h1-9,12-13H,10-11,14-16H2. The van der Waals surface area contributed by atoms with Gasteiger partial charge in [0.2, 0.25) is 6.79 Å². The zero-order chi connectivity index (χ0) is 21.6. The van der Waals surface area contributed by atoms with E-state index in [2.05, 4.69) is 0 Å². The Bertz CT molecular complexity index is 1060. The third kappa shape index (κ3) is 5.63. The Morgan fingerprint density at radius 2 is 1.77 bits per heavy atom. The van der Waals surface area contributed by atoms with E-state index < -0.39 is 0 Å². The molecule has 0 aliphatic carbocycles. The van der Waals surface area contributed by atoms with Crippen LogP contribution >= 0.6 is 23.2 Å². The third-order valence-electron chi connectivity index (χ3n) is 4.93. The highest BCUT2D eigenvalue weighted by molar-refractivity contribution is 6.35. The molecule has 3 aromatic carbocycles. The van der Waals surface area contributed by atoms with E-state index >= 15 is 0 Å². The van der Waals surface area contributed by atoms with Gasteiger partial charge in [0.15, 0.2) is 18.1 Å². The number of carbonyl (C=O) groups excluding carboxylic acids is 1. The number of halogens is 2. The number of nitrogens with zero attached hydrogens (tertiary/aromatic N) is 1. The lowest BCUT2D eigenvalue weighted by molar-refractivity contribution is -0.134. The van der Waals surface area contributed by atoms with Crippen LogP contribution < -0.4 is 14.2 Å². The third-order valence-corrected chi connectivity index (χ3v) is 5.52. The van der Waals surface area contributed by atoms with Gasteiger partial charge in [-0.2, -0.15) is 0 Å². The molecule has 0 aromatic heterocycles. The van der Waals surface area contributed by atoms with E-state index in [1.54, 1.807) is 17.0 Å². The molecule has 31 heavy (non-hydrogen) atoms. The summed E-state index contributed by atoms with van der Waals surface area (Å²) < 4.78 is 16.5.